The fraction of sp³-hybridized carbons (Fsp3) is 0.357. The molecule has 0 amide bonds. The quantitative estimate of drug-likeness (QED) is 0.747. The predicted octanol–water partition coefficient (Wildman–Crippen LogP) is -0.195. The monoisotopic (exact) mass is 312 g/mol. The van der Waals surface area contributed by atoms with E-state index in [-0.39, 0.29) is 6.42 Å². The molecule has 0 bridgehead atoms. The molecule has 2 N–H and O–H groups in total. The standard InChI is InChI=1S/C14H16O6S/c1-21(18,19)20-11-7-8-12(15)14(17,13(11)16)9-10-5-3-2-4-6-10/h2-8,11,13,16-17H,9H2,1H3/t11-,13+,14-/m1/s1. The van der Waals surface area contributed by atoms with Crippen LogP contribution in [0.3, 0.4) is 0 Å². The van der Waals surface area contributed by atoms with Crippen molar-refractivity contribution in [1.82, 2.24) is 0 Å². The third kappa shape index (κ3) is 3.56. The Hall–Kier alpha value is -1.54. The summed E-state index contributed by atoms with van der Waals surface area (Å²) in [5, 5.41) is 20.7. The summed E-state index contributed by atoms with van der Waals surface area (Å²) >= 11 is 0. The molecule has 0 radical (unpaired) electrons. The first-order valence-electron chi connectivity index (χ1n) is 6.28. The van der Waals surface area contributed by atoms with Gasteiger partial charge in [0.05, 0.1) is 6.26 Å². The summed E-state index contributed by atoms with van der Waals surface area (Å²) in [6.07, 6.45) is -0.113. The van der Waals surface area contributed by atoms with E-state index in [9.17, 15) is 23.4 Å². The van der Waals surface area contributed by atoms with E-state index in [2.05, 4.69) is 0 Å². The molecule has 0 saturated heterocycles. The molecular formula is C14H16O6S. The van der Waals surface area contributed by atoms with E-state index in [1.807, 2.05) is 0 Å². The molecule has 0 aliphatic heterocycles. The van der Waals surface area contributed by atoms with Gasteiger partial charge in [0.1, 0.15) is 12.2 Å². The molecule has 6 nitrogen and oxygen atoms in total. The molecule has 114 valence electrons. The van der Waals surface area contributed by atoms with Crippen LogP contribution in [0.5, 0.6) is 0 Å². The molecule has 2 rings (SSSR count). The number of aliphatic hydroxyl groups is 2. The molecule has 0 unspecified atom stereocenters. The molecule has 7 heteroatoms. The molecular weight excluding hydrogens is 296 g/mol. The number of rotatable bonds is 4. The summed E-state index contributed by atoms with van der Waals surface area (Å²) in [6.45, 7) is 0. The van der Waals surface area contributed by atoms with Crippen LogP contribution in [-0.2, 0) is 25.5 Å². The Morgan fingerprint density at radius 2 is 1.90 bits per heavy atom. The van der Waals surface area contributed by atoms with E-state index in [4.69, 9.17) is 4.18 Å². The van der Waals surface area contributed by atoms with Crippen LogP contribution in [0.25, 0.3) is 0 Å². The lowest BCUT2D eigenvalue weighted by atomic mass is 9.79. The Kier molecular flexibility index (Phi) is 4.29. The van der Waals surface area contributed by atoms with Gasteiger partial charge in [-0.25, -0.2) is 0 Å². The zero-order valence-electron chi connectivity index (χ0n) is 11.3. The van der Waals surface area contributed by atoms with Gasteiger partial charge in [0.25, 0.3) is 10.1 Å². The molecule has 0 spiro atoms. The van der Waals surface area contributed by atoms with Gasteiger partial charge in [-0.3, -0.25) is 8.98 Å². The first-order valence-corrected chi connectivity index (χ1v) is 8.09. The minimum absolute atomic E-state index is 0.137. The average molecular weight is 312 g/mol. The van der Waals surface area contributed by atoms with E-state index in [1.165, 1.54) is 0 Å². The van der Waals surface area contributed by atoms with Crippen molar-refractivity contribution in [2.45, 2.75) is 24.2 Å². The average Bonchev–Trinajstić information content (AvgIpc) is 2.40. The fourth-order valence-corrected chi connectivity index (χ4v) is 2.81. The fourth-order valence-electron chi connectivity index (χ4n) is 2.23. The molecule has 0 fully saturated rings. The Balaban J connectivity index is 2.29. The lowest BCUT2D eigenvalue weighted by molar-refractivity contribution is -0.154. The summed E-state index contributed by atoms with van der Waals surface area (Å²) in [5.41, 5.74) is -1.48. The van der Waals surface area contributed by atoms with Crippen molar-refractivity contribution in [3.05, 3.63) is 48.0 Å². The van der Waals surface area contributed by atoms with Crippen LogP contribution in [0, 0.1) is 0 Å². The minimum atomic E-state index is -3.83. The summed E-state index contributed by atoms with van der Waals surface area (Å²) in [7, 11) is -3.83. The van der Waals surface area contributed by atoms with Gasteiger partial charge in [0, 0.05) is 6.42 Å². The number of carbonyl (C=O) groups excluding carboxylic acids is 1. The molecule has 0 heterocycles. The van der Waals surface area contributed by atoms with Crippen molar-refractivity contribution in [3.63, 3.8) is 0 Å². The van der Waals surface area contributed by atoms with Crippen LogP contribution in [0.15, 0.2) is 42.5 Å². The first kappa shape index (κ1) is 15.8. The number of benzene rings is 1. The lowest BCUT2D eigenvalue weighted by Crippen LogP contribution is -2.58. The van der Waals surface area contributed by atoms with Crippen molar-refractivity contribution < 1.29 is 27.6 Å². The molecule has 3 atom stereocenters. The minimum Gasteiger partial charge on any atom is -0.386 e. The molecule has 1 aromatic carbocycles. The smallest absolute Gasteiger partial charge is 0.265 e. The van der Waals surface area contributed by atoms with Crippen LogP contribution in [0.4, 0.5) is 0 Å². The van der Waals surface area contributed by atoms with Gasteiger partial charge in [-0.2, -0.15) is 8.42 Å². The third-order valence-electron chi connectivity index (χ3n) is 3.27. The van der Waals surface area contributed by atoms with Crippen molar-refractivity contribution in [2.75, 3.05) is 6.26 Å². The van der Waals surface area contributed by atoms with E-state index in [1.54, 1.807) is 30.3 Å². The Morgan fingerprint density at radius 3 is 2.48 bits per heavy atom. The van der Waals surface area contributed by atoms with Gasteiger partial charge in [-0.05, 0) is 17.7 Å². The maximum Gasteiger partial charge on any atom is 0.265 e. The topological polar surface area (TPSA) is 101 Å². The number of hydrogen-bond donors (Lipinski definition) is 2. The van der Waals surface area contributed by atoms with Crippen LogP contribution in [0.2, 0.25) is 0 Å². The van der Waals surface area contributed by atoms with E-state index >= 15 is 0 Å². The summed E-state index contributed by atoms with van der Waals surface area (Å²) in [5.74, 6) is -0.688. The third-order valence-corrected chi connectivity index (χ3v) is 3.84. The maximum absolute atomic E-state index is 11.9. The number of carbonyl (C=O) groups is 1. The van der Waals surface area contributed by atoms with Gasteiger partial charge in [-0.15, -0.1) is 0 Å². The molecule has 1 aromatic rings. The van der Waals surface area contributed by atoms with E-state index in [0.717, 1.165) is 18.4 Å². The maximum atomic E-state index is 11.9. The van der Waals surface area contributed by atoms with E-state index in [0.29, 0.717) is 5.56 Å². The van der Waals surface area contributed by atoms with Gasteiger partial charge >= 0.3 is 0 Å². The van der Waals surface area contributed by atoms with Gasteiger partial charge in [0.15, 0.2) is 11.4 Å². The van der Waals surface area contributed by atoms with Crippen LogP contribution in [0.1, 0.15) is 5.56 Å². The van der Waals surface area contributed by atoms with Crippen molar-refractivity contribution in [3.8, 4) is 0 Å². The zero-order valence-corrected chi connectivity index (χ0v) is 12.2. The molecule has 0 saturated carbocycles. The highest BCUT2D eigenvalue weighted by atomic mass is 32.2. The summed E-state index contributed by atoms with van der Waals surface area (Å²) in [6, 6.07) is 8.64. The number of aliphatic hydroxyl groups excluding tert-OH is 1. The second kappa shape index (κ2) is 5.69. The molecule has 1 aliphatic rings. The SMILES string of the molecule is CS(=O)(=O)O[C@@H]1C=CC(=O)[C@](O)(Cc2ccccc2)[C@H]1O. The predicted molar refractivity (Wildman–Crippen MR) is 75.0 cm³/mol. The van der Waals surface area contributed by atoms with Crippen LogP contribution in [-0.4, -0.2) is 48.5 Å². The summed E-state index contributed by atoms with van der Waals surface area (Å²) < 4.78 is 27.0. The normalized spacial score (nSPS) is 29.6. The van der Waals surface area contributed by atoms with E-state index < -0.39 is 33.7 Å². The van der Waals surface area contributed by atoms with Gasteiger partial charge in [-0.1, -0.05) is 30.3 Å². The van der Waals surface area contributed by atoms with Crippen molar-refractivity contribution >= 4 is 15.9 Å². The van der Waals surface area contributed by atoms with Crippen LogP contribution >= 0.6 is 0 Å². The highest BCUT2D eigenvalue weighted by molar-refractivity contribution is 7.86. The van der Waals surface area contributed by atoms with Gasteiger partial charge in [0.2, 0.25) is 0 Å². The Morgan fingerprint density at radius 1 is 1.29 bits per heavy atom. The molecule has 21 heavy (non-hydrogen) atoms. The van der Waals surface area contributed by atoms with Gasteiger partial charge < -0.3 is 10.2 Å². The van der Waals surface area contributed by atoms with Crippen molar-refractivity contribution in [2.24, 2.45) is 0 Å². The highest BCUT2D eigenvalue weighted by Gasteiger charge is 2.48. The van der Waals surface area contributed by atoms with Crippen LogP contribution < -0.4 is 0 Å². The Bertz CT molecular complexity index is 651. The second-order valence-corrected chi connectivity index (χ2v) is 6.62. The number of ketones is 1. The largest absolute Gasteiger partial charge is 0.386 e. The lowest BCUT2D eigenvalue weighted by Gasteiger charge is -2.36. The highest BCUT2D eigenvalue weighted by Crippen LogP contribution is 2.28. The summed E-state index contributed by atoms with van der Waals surface area (Å²) in [4.78, 5) is 11.9. The number of hydrogen-bond acceptors (Lipinski definition) is 6. The molecule has 0 aromatic heterocycles. The van der Waals surface area contributed by atoms with Crippen molar-refractivity contribution in [1.29, 1.82) is 0 Å². The zero-order chi connectivity index (χ0) is 15.7. The first-order chi connectivity index (χ1) is 9.72. The second-order valence-electron chi connectivity index (χ2n) is 5.02. The Labute approximate surface area is 122 Å². The molecule has 1 aliphatic carbocycles.